The fourth-order valence-electron chi connectivity index (χ4n) is 3.79. The minimum Gasteiger partial charge on any atom is -0.383 e. The van der Waals surface area contributed by atoms with Crippen molar-refractivity contribution >= 4 is 17.2 Å². The maximum atomic E-state index is 12.9. The molecule has 3 N–H and O–H groups in total. The molecule has 0 unspecified atom stereocenters. The Labute approximate surface area is 198 Å². The zero-order valence-electron chi connectivity index (χ0n) is 19.1. The Kier molecular flexibility index (Phi) is 6.58. The molecule has 2 aromatic rings. The molecule has 2 aliphatic rings. The topological polar surface area (TPSA) is 136 Å². The molecule has 9 nitrogen and oxygen atoms in total. The largest absolute Gasteiger partial charge is 0.383 e. The summed E-state index contributed by atoms with van der Waals surface area (Å²) < 4.78 is 5.04. The summed E-state index contributed by atoms with van der Waals surface area (Å²) in [5.41, 5.74) is 4.06. The SMILES string of the molecule is COCCNC1=C(C#N)C=C(c2cc(NC(=O)c3ccnc(C4(C#N)CC4)c3)cnc2C)CN1. The van der Waals surface area contributed by atoms with Gasteiger partial charge in [0.2, 0.25) is 0 Å². The molecule has 1 aliphatic heterocycles. The number of pyridine rings is 2. The van der Waals surface area contributed by atoms with Gasteiger partial charge in [-0.3, -0.25) is 14.8 Å². The average Bonchev–Trinajstić information content (AvgIpc) is 3.67. The highest BCUT2D eigenvalue weighted by Gasteiger charge is 2.46. The maximum Gasteiger partial charge on any atom is 0.255 e. The lowest BCUT2D eigenvalue weighted by molar-refractivity contribution is 0.102. The number of nitriles is 2. The standard InChI is InChI=1S/C25H25N7O2/c1-16-21(19-9-18(12-26)23(31-13-19)29-7-8-34-2)11-20(14-30-16)32-24(33)17-3-6-28-22(10-17)25(15-27)4-5-25/h3,6,9-11,14,29,31H,4-5,7-8,13H2,1-2H3,(H,32,33). The number of dihydropyridines is 1. The predicted molar refractivity (Wildman–Crippen MR) is 126 cm³/mol. The number of methoxy groups -OCH3 is 1. The minimum absolute atomic E-state index is 0.299. The van der Waals surface area contributed by atoms with E-state index in [1.54, 1.807) is 31.6 Å². The lowest BCUT2D eigenvalue weighted by Gasteiger charge is -2.22. The highest BCUT2D eigenvalue weighted by atomic mass is 16.5. The van der Waals surface area contributed by atoms with Gasteiger partial charge in [0, 0.05) is 43.2 Å². The van der Waals surface area contributed by atoms with Crippen molar-refractivity contribution in [1.29, 1.82) is 10.5 Å². The van der Waals surface area contributed by atoms with Crippen LogP contribution in [0.3, 0.4) is 0 Å². The monoisotopic (exact) mass is 455 g/mol. The Morgan fingerprint density at radius 1 is 1.29 bits per heavy atom. The van der Waals surface area contributed by atoms with Crippen LogP contribution in [-0.2, 0) is 10.2 Å². The van der Waals surface area contributed by atoms with Gasteiger partial charge in [-0.2, -0.15) is 10.5 Å². The zero-order chi connectivity index (χ0) is 24.1. The first-order valence-corrected chi connectivity index (χ1v) is 11.0. The van der Waals surface area contributed by atoms with Gasteiger partial charge in [0.15, 0.2) is 0 Å². The molecule has 0 atom stereocenters. The number of amides is 1. The third kappa shape index (κ3) is 4.75. The third-order valence-electron chi connectivity index (χ3n) is 5.94. The van der Waals surface area contributed by atoms with Crippen LogP contribution >= 0.6 is 0 Å². The number of aryl methyl sites for hydroxylation is 1. The molecule has 0 aromatic carbocycles. The van der Waals surface area contributed by atoms with Gasteiger partial charge in [0.05, 0.1) is 41.2 Å². The van der Waals surface area contributed by atoms with Crippen molar-refractivity contribution in [3.05, 3.63) is 70.6 Å². The second-order valence-corrected chi connectivity index (χ2v) is 8.28. The second-order valence-electron chi connectivity index (χ2n) is 8.28. The number of rotatable bonds is 8. The van der Waals surface area contributed by atoms with E-state index in [0.29, 0.717) is 48.0 Å². The highest BCUT2D eigenvalue weighted by molar-refractivity contribution is 6.04. The number of nitrogens with one attached hydrogen (secondary N) is 3. The summed E-state index contributed by atoms with van der Waals surface area (Å²) in [5.74, 6) is 0.365. The summed E-state index contributed by atoms with van der Waals surface area (Å²) in [7, 11) is 1.62. The number of ether oxygens (including phenoxy) is 1. The van der Waals surface area contributed by atoms with E-state index in [9.17, 15) is 15.3 Å². The maximum absolute atomic E-state index is 12.9. The molecule has 1 aliphatic carbocycles. The van der Waals surface area contributed by atoms with Crippen LogP contribution in [-0.4, -0.2) is 42.7 Å². The van der Waals surface area contributed by atoms with Gasteiger partial charge in [0.1, 0.15) is 11.9 Å². The van der Waals surface area contributed by atoms with Gasteiger partial charge in [-0.1, -0.05) is 0 Å². The van der Waals surface area contributed by atoms with Crippen LogP contribution in [0.5, 0.6) is 0 Å². The summed E-state index contributed by atoms with van der Waals surface area (Å²) in [6.45, 7) is 3.50. The molecule has 0 spiro atoms. The summed E-state index contributed by atoms with van der Waals surface area (Å²) in [6.07, 6.45) is 6.52. The van der Waals surface area contributed by atoms with Crippen molar-refractivity contribution in [2.24, 2.45) is 0 Å². The Balaban J connectivity index is 1.54. The molecule has 1 fully saturated rings. The van der Waals surface area contributed by atoms with Crippen LogP contribution < -0.4 is 16.0 Å². The molecule has 0 bridgehead atoms. The number of nitrogens with zero attached hydrogens (tertiary/aromatic N) is 4. The van der Waals surface area contributed by atoms with E-state index in [-0.39, 0.29) is 5.91 Å². The van der Waals surface area contributed by atoms with Crippen molar-refractivity contribution in [1.82, 2.24) is 20.6 Å². The Morgan fingerprint density at radius 2 is 2.12 bits per heavy atom. The number of anilines is 1. The van der Waals surface area contributed by atoms with Gasteiger partial charge < -0.3 is 20.7 Å². The third-order valence-corrected chi connectivity index (χ3v) is 5.94. The van der Waals surface area contributed by atoms with Crippen LogP contribution in [0, 0.1) is 29.6 Å². The van der Waals surface area contributed by atoms with Gasteiger partial charge in [0.25, 0.3) is 5.91 Å². The normalized spacial score (nSPS) is 15.9. The Morgan fingerprint density at radius 3 is 2.82 bits per heavy atom. The van der Waals surface area contributed by atoms with E-state index in [0.717, 1.165) is 29.7 Å². The number of hydrogen-bond acceptors (Lipinski definition) is 8. The zero-order valence-corrected chi connectivity index (χ0v) is 19.1. The molecular weight excluding hydrogens is 430 g/mol. The van der Waals surface area contributed by atoms with Crippen LogP contribution in [0.2, 0.25) is 0 Å². The lowest BCUT2D eigenvalue weighted by Crippen LogP contribution is -2.33. The van der Waals surface area contributed by atoms with Crippen molar-refractivity contribution in [3.63, 3.8) is 0 Å². The highest BCUT2D eigenvalue weighted by Crippen LogP contribution is 2.46. The minimum atomic E-state index is -0.557. The average molecular weight is 456 g/mol. The molecule has 0 saturated heterocycles. The first-order chi connectivity index (χ1) is 16.5. The molecule has 0 radical (unpaired) electrons. The molecule has 2 aromatic heterocycles. The van der Waals surface area contributed by atoms with E-state index in [1.807, 2.05) is 19.1 Å². The molecule has 1 saturated carbocycles. The van der Waals surface area contributed by atoms with Crippen LogP contribution in [0.15, 0.2) is 48.1 Å². The number of hydrogen-bond donors (Lipinski definition) is 3. The number of aromatic nitrogens is 2. The van der Waals surface area contributed by atoms with Gasteiger partial charge in [-0.25, -0.2) is 0 Å². The van der Waals surface area contributed by atoms with E-state index < -0.39 is 5.41 Å². The number of carbonyl (C=O) groups is 1. The molecule has 3 heterocycles. The molecule has 4 rings (SSSR count). The molecule has 1 amide bonds. The summed E-state index contributed by atoms with van der Waals surface area (Å²) >= 11 is 0. The number of carbonyl (C=O) groups excluding carboxylic acids is 1. The van der Waals surface area contributed by atoms with E-state index in [2.05, 4.69) is 38.1 Å². The quantitative estimate of drug-likeness (QED) is 0.517. The van der Waals surface area contributed by atoms with Gasteiger partial charge in [-0.15, -0.1) is 0 Å². The van der Waals surface area contributed by atoms with Gasteiger partial charge >= 0.3 is 0 Å². The summed E-state index contributed by atoms with van der Waals surface area (Å²) in [6, 6.07) is 9.69. The van der Waals surface area contributed by atoms with Crippen molar-refractivity contribution in [3.8, 4) is 12.1 Å². The number of allylic oxidation sites excluding steroid dienone is 2. The lowest BCUT2D eigenvalue weighted by atomic mass is 9.99. The van der Waals surface area contributed by atoms with Crippen LogP contribution in [0.4, 0.5) is 5.69 Å². The van der Waals surface area contributed by atoms with E-state index in [1.165, 1.54) is 0 Å². The summed E-state index contributed by atoms with van der Waals surface area (Å²) in [4.78, 5) is 21.6. The van der Waals surface area contributed by atoms with Gasteiger partial charge in [-0.05, 0) is 49.6 Å². The first-order valence-electron chi connectivity index (χ1n) is 11.0. The molecular formula is C25H25N7O2. The predicted octanol–water partition coefficient (Wildman–Crippen LogP) is 2.55. The second kappa shape index (κ2) is 9.74. The smallest absolute Gasteiger partial charge is 0.255 e. The van der Waals surface area contributed by atoms with E-state index in [4.69, 9.17) is 4.74 Å². The Bertz CT molecular complexity index is 1260. The molecule has 9 heteroatoms. The fourth-order valence-corrected chi connectivity index (χ4v) is 3.79. The van der Waals surface area contributed by atoms with Crippen molar-refractivity contribution in [2.75, 3.05) is 32.1 Å². The fraction of sp³-hybridized carbons (Fsp3) is 0.320. The van der Waals surface area contributed by atoms with Crippen molar-refractivity contribution in [2.45, 2.75) is 25.2 Å². The van der Waals surface area contributed by atoms with Crippen molar-refractivity contribution < 1.29 is 9.53 Å². The molecule has 172 valence electrons. The Hall–Kier alpha value is -4.21. The van der Waals surface area contributed by atoms with E-state index >= 15 is 0 Å². The van der Waals surface area contributed by atoms with Crippen LogP contribution in [0.25, 0.3) is 5.57 Å². The summed E-state index contributed by atoms with van der Waals surface area (Å²) in [5, 5.41) is 28.3. The molecule has 34 heavy (non-hydrogen) atoms. The van der Waals surface area contributed by atoms with Crippen LogP contribution in [0.1, 0.15) is 40.2 Å². The first kappa shape index (κ1) is 23.0.